The van der Waals surface area contributed by atoms with Crippen molar-refractivity contribution in [1.29, 1.82) is 0 Å². The van der Waals surface area contributed by atoms with E-state index in [0.29, 0.717) is 16.5 Å². The van der Waals surface area contributed by atoms with Gasteiger partial charge in [0.15, 0.2) is 0 Å². The van der Waals surface area contributed by atoms with E-state index in [2.05, 4.69) is 5.32 Å². The van der Waals surface area contributed by atoms with E-state index in [9.17, 15) is 4.79 Å². The standard InChI is InChI=1S/C13H17ClN2O2/c14-11-7-9(16-13(17)8-15)5-6-12(11)18-10-3-1-2-4-10/h5-7,10H,1-4,8,15H2,(H,16,17). The summed E-state index contributed by atoms with van der Waals surface area (Å²) in [5.74, 6) is 0.435. The Labute approximate surface area is 111 Å². The molecule has 0 bridgehead atoms. The molecule has 98 valence electrons. The molecule has 0 radical (unpaired) electrons. The fourth-order valence-electron chi connectivity index (χ4n) is 2.07. The molecule has 0 aliphatic heterocycles. The van der Waals surface area contributed by atoms with Crippen LogP contribution in [-0.2, 0) is 4.79 Å². The fourth-order valence-corrected chi connectivity index (χ4v) is 2.30. The van der Waals surface area contributed by atoms with Crippen LogP contribution in [-0.4, -0.2) is 18.6 Å². The predicted molar refractivity (Wildman–Crippen MR) is 72.0 cm³/mol. The van der Waals surface area contributed by atoms with Crippen LogP contribution in [0.2, 0.25) is 5.02 Å². The SMILES string of the molecule is NCC(=O)Nc1ccc(OC2CCCC2)c(Cl)c1. The van der Waals surface area contributed by atoms with E-state index in [1.807, 2.05) is 0 Å². The Bertz CT molecular complexity index is 431. The van der Waals surface area contributed by atoms with Crippen LogP contribution in [0.4, 0.5) is 5.69 Å². The first kappa shape index (κ1) is 13.2. The van der Waals surface area contributed by atoms with Crippen LogP contribution in [0.3, 0.4) is 0 Å². The van der Waals surface area contributed by atoms with Gasteiger partial charge in [-0.1, -0.05) is 11.6 Å². The summed E-state index contributed by atoms with van der Waals surface area (Å²) in [6, 6.07) is 5.23. The molecule has 18 heavy (non-hydrogen) atoms. The van der Waals surface area contributed by atoms with Gasteiger partial charge in [0.1, 0.15) is 5.75 Å². The second-order valence-corrected chi connectivity index (χ2v) is 4.83. The van der Waals surface area contributed by atoms with Crippen LogP contribution >= 0.6 is 11.6 Å². The Hall–Kier alpha value is -1.26. The summed E-state index contributed by atoms with van der Waals surface area (Å²) in [6.45, 7) is -0.0437. The molecule has 0 aromatic heterocycles. The molecular formula is C13H17ClN2O2. The van der Waals surface area contributed by atoms with Crippen LogP contribution in [0.1, 0.15) is 25.7 Å². The van der Waals surface area contributed by atoms with Crippen LogP contribution < -0.4 is 15.8 Å². The highest BCUT2D eigenvalue weighted by Gasteiger charge is 2.17. The Morgan fingerprint density at radius 1 is 1.44 bits per heavy atom. The highest BCUT2D eigenvalue weighted by Crippen LogP contribution is 2.31. The second kappa shape index (κ2) is 6.07. The van der Waals surface area contributed by atoms with Gasteiger partial charge in [-0.15, -0.1) is 0 Å². The van der Waals surface area contributed by atoms with Crippen molar-refractivity contribution in [3.05, 3.63) is 23.2 Å². The number of nitrogens with two attached hydrogens (primary N) is 1. The number of ether oxygens (including phenoxy) is 1. The van der Waals surface area contributed by atoms with Crippen molar-refractivity contribution in [1.82, 2.24) is 0 Å². The quantitative estimate of drug-likeness (QED) is 0.882. The lowest BCUT2D eigenvalue weighted by atomic mass is 10.2. The minimum atomic E-state index is -0.240. The number of carbonyl (C=O) groups is 1. The molecule has 0 unspecified atom stereocenters. The molecule has 3 N–H and O–H groups in total. The van der Waals surface area contributed by atoms with Crippen LogP contribution in [0.15, 0.2) is 18.2 Å². The highest BCUT2D eigenvalue weighted by atomic mass is 35.5. The zero-order valence-corrected chi connectivity index (χ0v) is 10.9. The van der Waals surface area contributed by atoms with Crippen LogP contribution in [0.25, 0.3) is 0 Å². The van der Waals surface area contributed by atoms with E-state index in [4.69, 9.17) is 22.1 Å². The van der Waals surface area contributed by atoms with E-state index in [-0.39, 0.29) is 18.6 Å². The number of halogens is 1. The molecule has 1 saturated carbocycles. The topological polar surface area (TPSA) is 64.4 Å². The van der Waals surface area contributed by atoms with Gasteiger partial charge >= 0.3 is 0 Å². The molecule has 0 heterocycles. The Kier molecular flexibility index (Phi) is 4.44. The van der Waals surface area contributed by atoms with Gasteiger partial charge in [-0.05, 0) is 43.9 Å². The lowest BCUT2D eigenvalue weighted by Gasteiger charge is -2.15. The van der Waals surface area contributed by atoms with E-state index >= 15 is 0 Å². The molecule has 0 atom stereocenters. The van der Waals surface area contributed by atoms with Gasteiger partial charge < -0.3 is 15.8 Å². The molecule has 4 nitrogen and oxygen atoms in total. The van der Waals surface area contributed by atoms with E-state index < -0.39 is 0 Å². The number of amides is 1. The summed E-state index contributed by atoms with van der Waals surface area (Å²) in [5.41, 5.74) is 5.86. The van der Waals surface area contributed by atoms with E-state index in [1.54, 1.807) is 18.2 Å². The molecule has 1 aliphatic carbocycles. The summed E-state index contributed by atoms with van der Waals surface area (Å²) in [5, 5.41) is 3.16. The first-order chi connectivity index (χ1) is 8.69. The van der Waals surface area contributed by atoms with Gasteiger partial charge in [0.25, 0.3) is 0 Å². The van der Waals surface area contributed by atoms with Gasteiger partial charge in [0.2, 0.25) is 5.91 Å². The number of nitrogens with one attached hydrogen (secondary N) is 1. The van der Waals surface area contributed by atoms with Crippen LogP contribution in [0, 0.1) is 0 Å². The molecule has 5 heteroatoms. The highest BCUT2D eigenvalue weighted by molar-refractivity contribution is 6.32. The van der Waals surface area contributed by atoms with Gasteiger partial charge in [-0.2, -0.15) is 0 Å². The molecule has 1 fully saturated rings. The summed E-state index contributed by atoms with van der Waals surface area (Å²) >= 11 is 6.13. The summed E-state index contributed by atoms with van der Waals surface area (Å²) in [7, 11) is 0. The maximum atomic E-state index is 11.1. The minimum Gasteiger partial charge on any atom is -0.489 e. The first-order valence-electron chi connectivity index (χ1n) is 6.15. The summed E-state index contributed by atoms with van der Waals surface area (Å²) < 4.78 is 5.82. The van der Waals surface area contributed by atoms with E-state index in [1.165, 1.54) is 12.8 Å². The van der Waals surface area contributed by atoms with Gasteiger partial charge in [-0.25, -0.2) is 0 Å². The second-order valence-electron chi connectivity index (χ2n) is 4.42. The molecule has 1 aromatic rings. The van der Waals surface area contributed by atoms with Crippen molar-refractivity contribution >= 4 is 23.2 Å². The predicted octanol–water partition coefficient (Wildman–Crippen LogP) is 2.56. The fraction of sp³-hybridized carbons (Fsp3) is 0.462. The number of hydrogen-bond donors (Lipinski definition) is 2. The average Bonchev–Trinajstić information content (AvgIpc) is 2.85. The number of rotatable bonds is 4. The Morgan fingerprint density at radius 2 is 2.17 bits per heavy atom. The number of anilines is 1. The summed E-state index contributed by atoms with van der Waals surface area (Å²) in [4.78, 5) is 11.1. The number of carbonyl (C=O) groups excluding carboxylic acids is 1. The molecule has 1 aliphatic rings. The third-order valence-electron chi connectivity index (χ3n) is 3.00. The van der Waals surface area contributed by atoms with Crippen molar-refractivity contribution in [2.24, 2.45) is 5.73 Å². The van der Waals surface area contributed by atoms with Gasteiger partial charge in [-0.3, -0.25) is 4.79 Å². The Morgan fingerprint density at radius 3 is 2.78 bits per heavy atom. The maximum Gasteiger partial charge on any atom is 0.238 e. The van der Waals surface area contributed by atoms with Crippen LogP contribution in [0.5, 0.6) is 5.75 Å². The Balaban J connectivity index is 2.02. The molecule has 2 rings (SSSR count). The molecule has 0 saturated heterocycles. The van der Waals surface area contributed by atoms with Crippen molar-refractivity contribution in [3.8, 4) is 5.75 Å². The normalized spacial score (nSPS) is 15.7. The van der Waals surface area contributed by atoms with Gasteiger partial charge in [0, 0.05) is 5.69 Å². The van der Waals surface area contributed by atoms with Crippen molar-refractivity contribution < 1.29 is 9.53 Å². The lowest BCUT2D eigenvalue weighted by molar-refractivity contribution is -0.114. The van der Waals surface area contributed by atoms with Crippen molar-refractivity contribution in [2.75, 3.05) is 11.9 Å². The van der Waals surface area contributed by atoms with E-state index in [0.717, 1.165) is 12.8 Å². The molecule has 0 spiro atoms. The number of benzene rings is 1. The molecule has 1 aromatic carbocycles. The largest absolute Gasteiger partial charge is 0.489 e. The average molecular weight is 269 g/mol. The summed E-state index contributed by atoms with van der Waals surface area (Å²) in [6.07, 6.45) is 4.87. The third-order valence-corrected chi connectivity index (χ3v) is 3.29. The van der Waals surface area contributed by atoms with Crippen molar-refractivity contribution in [3.63, 3.8) is 0 Å². The third kappa shape index (κ3) is 3.37. The smallest absolute Gasteiger partial charge is 0.238 e. The molecular weight excluding hydrogens is 252 g/mol. The molecule has 1 amide bonds. The lowest BCUT2D eigenvalue weighted by Crippen LogP contribution is -2.21. The minimum absolute atomic E-state index is 0.0437. The zero-order valence-electron chi connectivity index (χ0n) is 10.1. The first-order valence-corrected chi connectivity index (χ1v) is 6.53. The monoisotopic (exact) mass is 268 g/mol. The van der Waals surface area contributed by atoms with Gasteiger partial charge in [0.05, 0.1) is 17.7 Å². The van der Waals surface area contributed by atoms with Crippen molar-refractivity contribution in [2.45, 2.75) is 31.8 Å². The number of hydrogen-bond acceptors (Lipinski definition) is 3. The zero-order chi connectivity index (χ0) is 13.0. The maximum absolute atomic E-state index is 11.1.